The molecule has 0 aliphatic heterocycles. The quantitative estimate of drug-likeness (QED) is 0.698. The van der Waals surface area contributed by atoms with E-state index in [-0.39, 0.29) is 0 Å². The summed E-state index contributed by atoms with van der Waals surface area (Å²) >= 11 is 0. The van der Waals surface area contributed by atoms with E-state index < -0.39 is 0 Å². The maximum Gasteiger partial charge on any atom is 0.0464 e. The minimum Gasteiger partial charge on any atom is -0.385 e. The lowest BCUT2D eigenvalue weighted by Crippen LogP contribution is -2.34. The van der Waals surface area contributed by atoms with Gasteiger partial charge in [0.15, 0.2) is 0 Å². The Morgan fingerprint density at radius 3 is 2.50 bits per heavy atom. The fourth-order valence-electron chi connectivity index (χ4n) is 3.32. The molecule has 2 nitrogen and oxygen atoms in total. The van der Waals surface area contributed by atoms with Gasteiger partial charge in [0.1, 0.15) is 0 Å². The lowest BCUT2D eigenvalue weighted by atomic mass is 9.78. The maximum atomic E-state index is 5.25. The van der Waals surface area contributed by atoms with Gasteiger partial charge in [0.25, 0.3) is 0 Å². The zero-order chi connectivity index (χ0) is 13.4. The first-order valence-electron chi connectivity index (χ1n) is 7.87. The maximum absolute atomic E-state index is 5.25. The second-order valence-electron chi connectivity index (χ2n) is 6.38. The van der Waals surface area contributed by atoms with Gasteiger partial charge < -0.3 is 10.1 Å². The van der Waals surface area contributed by atoms with Crippen LogP contribution in [0.1, 0.15) is 59.3 Å². The lowest BCUT2D eigenvalue weighted by Gasteiger charge is -2.31. The number of hydrogen-bond acceptors (Lipinski definition) is 2. The predicted octanol–water partition coefficient (Wildman–Crippen LogP) is 3.85. The molecule has 0 aromatic rings. The number of methoxy groups -OCH3 is 1. The van der Waals surface area contributed by atoms with Crippen LogP contribution in [0, 0.1) is 17.8 Å². The highest BCUT2D eigenvalue weighted by Crippen LogP contribution is 2.35. The monoisotopic (exact) mass is 255 g/mol. The van der Waals surface area contributed by atoms with E-state index in [1.807, 2.05) is 7.11 Å². The molecule has 1 aliphatic rings. The van der Waals surface area contributed by atoms with Gasteiger partial charge in [0.2, 0.25) is 0 Å². The van der Waals surface area contributed by atoms with E-state index in [2.05, 4.69) is 26.1 Å². The Balaban J connectivity index is 2.50. The van der Waals surface area contributed by atoms with E-state index in [1.165, 1.54) is 45.1 Å². The van der Waals surface area contributed by atoms with Crippen LogP contribution in [0.25, 0.3) is 0 Å². The summed E-state index contributed by atoms with van der Waals surface area (Å²) in [5.41, 5.74) is 0. The molecule has 1 aliphatic carbocycles. The molecule has 0 spiro atoms. The van der Waals surface area contributed by atoms with Crippen molar-refractivity contribution in [1.29, 1.82) is 0 Å². The molecule has 0 saturated heterocycles. The van der Waals surface area contributed by atoms with Crippen molar-refractivity contribution < 1.29 is 4.74 Å². The van der Waals surface area contributed by atoms with Crippen LogP contribution < -0.4 is 5.32 Å². The molecular formula is C16H33NO. The van der Waals surface area contributed by atoms with Crippen molar-refractivity contribution in [3.05, 3.63) is 0 Å². The zero-order valence-corrected chi connectivity index (χ0v) is 12.9. The Morgan fingerprint density at radius 1 is 1.11 bits per heavy atom. The van der Waals surface area contributed by atoms with Crippen molar-refractivity contribution >= 4 is 0 Å². The number of nitrogens with one attached hydrogen (secondary N) is 1. The van der Waals surface area contributed by atoms with Gasteiger partial charge in [0, 0.05) is 19.8 Å². The molecule has 0 heterocycles. The minimum absolute atomic E-state index is 0.614. The third kappa shape index (κ3) is 5.71. The Hall–Kier alpha value is -0.0800. The molecule has 2 heteroatoms. The SMILES string of the molecule is COCCC(C)C1CCCCCC1CNC(C)C. The molecular weight excluding hydrogens is 222 g/mol. The Morgan fingerprint density at radius 2 is 1.83 bits per heavy atom. The van der Waals surface area contributed by atoms with Gasteiger partial charge in [-0.25, -0.2) is 0 Å². The Bertz CT molecular complexity index is 205. The standard InChI is InChI=1S/C16H33NO/c1-13(2)17-12-15-8-6-5-7-9-16(15)14(3)10-11-18-4/h13-17H,5-12H2,1-4H3. The van der Waals surface area contributed by atoms with E-state index >= 15 is 0 Å². The first-order valence-corrected chi connectivity index (χ1v) is 7.87. The van der Waals surface area contributed by atoms with Crippen LogP contribution in [0.2, 0.25) is 0 Å². The normalized spacial score (nSPS) is 27.2. The predicted molar refractivity (Wildman–Crippen MR) is 78.9 cm³/mol. The largest absolute Gasteiger partial charge is 0.385 e. The summed E-state index contributed by atoms with van der Waals surface area (Å²) in [4.78, 5) is 0. The first kappa shape index (κ1) is 16.0. The van der Waals surface area contributed by atoms with Crippen molar-refractivity contribution in [2.75, 3.05) is 20.3 Å². The van der Waals surface area contributed by atoms with Crippen molar-refractivity contribution in [3.63, 3.8) is 0 Å². The zero-order valence-electron chi connectivity index (χ0n) is 12.9. The van der Waals surface area contributed by atoms with Crippen molar-refractivity contribution in [1.82, 2.24) is 5.32 Å². The summed E-state index contributed by atoms with van der Waals surface area (Å²) in [7, 11) is 1.82. The van der Waals surface area contributed by atoms with Crippen LogP contribution >= 0.6 is 0 Å². The second kappa shape index (κ2) is 8.92. The number of ether oxygens (including phenoxy) is 1. The molecule has 0 bridgehead atoms. The van der Waals surface area contributed by atoms with Gasteiger partial charge in [0.05, 0.1) is 0 Å². The van der Waals surface area contributed by atoms with Gasteiger partial charge >= 0.3 is 0 Å². The molecule has 1 fully saturated rings. The molecule has 0 radical (unpaired) electrons. The van der Waals surface area contributed by atoms with Crippen LogP contribution in [-0.4, -0.2) is 26.3 Å². The molecule has 18 heavy (non-hydrogen) atoms. The van der Waals surface area contributed by atoms with Crippen molar-refractivity contribution in [2.45, 2.75) is 65.3 Å². The summed E-state index contributed by atoms with van der Waals surface area (Å²) in [5.74, 6) is 2.58. The lowest BCUT2D eigenvalue weighted by molar-refractivity contribution is 0.140. The third-order valence-corrected chi connectivity index (χ3v) is 4.51. The third-order valence-electron chi connectivity index (χ3n) is 4.51. The molecule has 108 valence electrons. The minimum atomic E-state index is 0.614. The van der Waals surface area contributed by atoms with Gasteiger partial charge in [-0.1, -0.05) is 40.0 Å². The van der Waals surface area contributed by atoms with Gasteiger partial charge in [-0.3, -0.25) is 0 Å². The second-order valence-corrected chi connectivity index (χ2v) is 6.38. The molecule has 1 rings (SSSR count). The Kier molecular flexibility index (Phi) is 7.92. The topological polar surface area (TPSA) is 21.3 Å². The van der Waals surface area contributed by atoms with Crippen LogP contribution in [0.15, 0.2) is 0 Å². The summed E-state index contributed by atoms with van der Waals surface area (Å²) < 4.78 is 5.25. The van der Waals surface area contributed by atoms with E-state index in [9.17, 15) is 0 Å². The van der Waals surface area contributed by atoms with Gasteiger partial charge in [-0.2, -0.15) is 0 Å². The molecule has 3 atom stereocenters. The fourth-order valence-corrected chi connectivity index (χ4v) is 3.32. The van der Waals surface area contributed by atoms with Crippen molar-refractivity contribution in [2.24, 2.45) is 17.8 Å². The van der Waals surface area contributed by atoms with Crippen molar-refractivity contribution in [3.8, 4) is 0 Å². The molecule has 1 saturated carbocycles. The highest BCUT2D eigenvalue weighted by atomic mass is 16.5. The number of hydrogen-bond donors (Lipinski definition) is 1. The summed E-state index contributed by atoms with van der Waals surface area (Å²) in [6, 6.07) is 0.614. The van der Waals surface area contributed by atoms with Crippen LogP contribution in [-0.2, 0) is 4.74 Å². The molecule has 0 aromatic carbocycles. The van der Waals surface area contributed by atoms with E-state index in [0.717, 1.165) is 24.4 Å². The summed E-state index contributed by atoms with van der Waals surface area (Å²) in [6.45, 7) is 9.05. The van der Waals surface area contributed by atoms with Gasteiger partial charge in [-0.05, 0) is 43.6 Å². The fraction of sp³-hybridized carbons (Fsp3) is 1.00. The highest BCUT2D eigenvalue weighted by Gasteiger charge is 2.27. The van der Waals surface area contributed by atoms with Gasteiger partial charge in [-0.15, -0.1) is 0 Å². The van der Waals surface area contributed by atoms with E-state index in [0.29, 0.717) is 6.04 Å². The summed E-state index contributed by atoms with van der Waals surface area (Å²) in [5, 5.41) is 3.65. The van der Waals surface area contributed by atoms with E-state index in [1.54, 1.807) is 0 Å². The molecule has 3 unspecified atom stereocenters. The highest BCUT2D eigenvalue weighted by molar-refractivity contribution is 4.80. The van der Waals surface area contributed by atoms with Crippen LogP contribution in [0.3, 0.4) is 0 Å². The average Bonchev–Trinajstić information content (AvgIpc) is 2.58. The molecule has 1 N–H and O–H groups in total. The summed E-state index contributed by atoms with van der Waals surface area (Å²) in [6.07, 6.45) is 8.36. The Labute approximate surface area is 114 Å². The number of rotatable bonds is 7. The molecule has 0 aromatic heterocycles. The average molecular weight is 255 g/mol. The first-order chi connectivity index (χ1) is 8.65. The molecule has 0 amide bonds. The van der Waals surface area contributed by atoms with E-state index in [4.69, 9.17) is 4.74 Å². The smallest absolute Gasteiger partial charge is 0.0464 e. The van der Waals surface area contributed by atoms with Crippen LogP contribution in [0.5, 0.6) is 0 Å². The van der Waals surface area contributed by atoms with Crippen LogP contribution in [0.4, 0.5) is 0 Å².